The standard InChI is InChI=1S/C16H19N7OS/c17-16-15-14(21-9-22-16)10(3-20-15)5-23-6-11(12(24)7-23)8-25-13-4-18-1-2-19-13/h1-4,9,11-12,20,24H,5-8H2,(H2,17,21,22). The molecule has 1 fully saturated rings. The van der Waals surface area contributed by atoms with Gasteiger partial charge >= 0.3 is 0 Å². The summed E-state index contributed by atoms with van der Waals surface area (Å²) in [6, 6.07) is 0. The molecule has 130 valence electrons. The van der Waals surface area contributed by atoms with Crippen LogP contribution in [-0.2, 0) is 6.54 Å². The quantitative estimate of drug-likeness (QED) is 0.577. The van der Waals surface area contributed by atoms with Gasteiger partial charge in [0.05, 0.1) is 17.8 Å². The number of thioether (sulfide) groups is 1. The maximum atomic E-state index is 10.4. The van der Waals surface area contributed by atoms with Crippen molar-refractivity contribution in [1.82, 2.24) is 29.8 Å². The highest BCUT2D eigenvalue weighted by Gasteiger charge is 2.31. The molecule has 0 aromatic carbocycles. The average Bonchev–Trinajstić information content (AvgIpc) is 3.19. The normalized spacial score (nSPS) is 21.2. The SMILES string of the molecule is Nc1ncnc2c(CN3CC(O)C(CSc4cnccn4)C3)c[nH]c12. The first-order valence-corrected chi connectivity index (χ1v) is 9.05. The first-order valence-electron chi connectivity index (χ1n) is 8.06. The number of hydrogen-bond donors (Lipinski definition) is 3. The van der Waals surface area contributed by atoms with Gasteiger partial charge in [0.1, 0.15) is 16.9 Å². The van der Waals surface area contributed by atoms with Gasteiger partial charge in [-0.1, -0.05) is 0 Å². The highest BCUT2D eigenvalue weighted by Crippen LogP contribution is 2.27. The number of nitrogens with two attached hydrogens (primary N) is 1. The van der Waals surface area contributed by atoms with Gasteiger partial charge in [-0.15, -0.1) is 11.8 Å². The van der Waals surface area contributed by atoms with Crippen molar-refractivity contribution in [3.8, 4) is 0 Å². The molecule has 0 saturated carbocycles. The summed E-state index contributed by atoms with van der Waals surface area (Å²) in [5.41, 5.74) is 8.55. The van der Waals surface area contributed by atoms with Gasteiger partial charge in [-0.3, -0.25) is 9.88 Å². The highest BCUT2D eigenvalue weighted by atomic mass is 32.2. The van der Waals surface area contributed by atoms with Crippen molar-refractivity contribution >= 4 is 28.6 Å². The largest absolute Gasteiger partial charge is 0.391 e. The number of aliphatic hydroxyl groups excluding tert-OH is 1. The highest BCUT2D eigenvalue weighted by molar-refractivity contribution is 7.99. The molecule has 1 saturated heterocycles. The lowest BCUT2D eigenvalue weighted by molar-refractivity contribution is 0.149. The lowest BCUT2D eigenvalue weighted by atomic mass is 10.1. The van der Waals surface area contributed by atoms with Crippen LogP contribution in [0.25, 0.3) is 11.0 Å². The molecule has 3 aromatic rings. The van der Waals surface area contributed by atoms with E-state index in [2.05, 4.69) is 29.8 Å². The van der Waals surface area contributed by atoms with E-state index in [9.17, 15) is 5.11 Å². The number of fused-ring (bicyclic) bond motifs is 1. The number of aromatic amines is 1. The van der Waals surface area contributed by atoms with Crippen LogP contribution in [0.15, 0.2) is 36.1 Å². The number of β-amino-alcohol motifs (C(OH)–C–C–N with tert-alkyl or cyclic N) is 1. The zero-order valence-corrected chi connectivity index (χ0v) is 14.4. The molecule has 3 aromatic heterocycles. The molecule has 9 heteroatoms. The van der Waals surface area contributed by atoms with Gasteiger partial charge in [-0.2, -0.15) is 0 Å². The van der Waals surface area contributed by atoms with E-state index < -0.39 is 0 Å². The van der Waals surface area contributed by atoms with Crippen molar-refractivity contribution in [2.24, 2.45) is 5.92 Å². The molecule has 0 bridgehead atoms. The van der Waals surface area contributed by atoms with Crippen LogP contribution in [0.3, 0.4) is 0 Å². The minimum Gasteiger partial charge on any atom is -0.391 e. The number of nitrogens with one attached hydrogen (secondary N) is 1. The van der Waals surface area contributed by atoms with Gasteiger partial charge in [-0.05, 0) is 0 Å². The third-order valence-corrected chi connectivity index (χ3v) is 5.53. The van der Waals surface area contributed by atoms with Crippen LogP contribution in [0.2, 0.25) is 0 Å². The van der Waals surface area contributed by atoms with E-state index in [4.69, 9.17) is 5.73 Å². The summed E-state index contributed by atoms with van der Waals surface area (Å²) in [7, 11) is 0. The number of nitrogens with zero attached hydrogens (tertiary/aromatic N) is 5. The van der Waals surface area contributed by atoms with Crippen molar-refractivity contribution in [3.05, 3.63) is 36.7 Å². The van der Waals surface area contributed by atoms with Crippen molar-refractivity contribution in [1.29, 1.82) is 0 Å². The monoisotopic (exact) mass is 357 g/mol. The summed E-state index contributed by atoms with van der Waals surface area (Å²) in [6.45, 7) is 2.21. The Labute approximate surface area is 148 Å². The van der Waals surface area contributed by atoms with Gasteiger partial charge in [0, 0.05) is 55.5 Å². The Morgan fingerprint density at radius 2 is 2.20 bits per heavy atom. The van der Waals surface area contributed by atoms with E-state index in [0.29, 0.717) is 12.4 Å². The fourth-order valence-electron chi connectivity index (χ4n) is 3.16. The molecule has 1 aliphatic heterocycles. The van der Waals surface area contributed by atoms with Gasteiger partial charge in [0.15, 0.2) is 5.82 Å². The van der Waals surface area contributed by atoms with Crippen molar-refractivity contribution in [3.63, 3.8) is 0 Å². The number of nitrogen functional groups attached to an aromatic ring is 1. The molecule has 8 nitrogen and oxygen atoms in total. The second-order valence-electron chi connectivity index (χ2n) is 6.17. The number of hydrogen-bond acceptors (Lipinski definition) is 8. The minimum atomic E-state index is -0.339. The van der Waals surface area contributed by atoms with Crippen LogP contribution in [-0.4, -0.2) is 59.9 Å². The van der Waals surface area contributed by atoms with E-state index in [1.165, 1.54) is 6.33 Å². The second kappa shape index (κ2) is 6.95. The molecule has 2 atom stereocenters. The van der Waals surface area contributed by atoms with Crippen molar-refractivity contribution in [2.75, 3.05) is 24.6 Å². The van der Waals surface area contributed by atoms with Crippen molar-refractivity contribution < 1.29 is 5.11 Å². The molecular weight excluding hydrogens is 338 g/mol. The van der Waals surface area contributed by atoms with Crippen LogP contribution >= 0.6 is 11.8 Å². The predicted molar refractivity (Wildman–Crippen MR) is 95.8 cm³/mol. The molecule has 0 spiro atoms. The average molecular weight is 357 g/mol. The Bertz CT molecular complexity index is 856. The maximum Gasteiger partial charge on any atom is 0.151 e. The van der Waals surface area contributed by atoms with E-state index in [0.717, 1.165) is 40.5 Å². The predicted octanol–water partition coefficient (Wildman–Crippen LogP) is 0.915. The zero-order chi connectivity index (χ0) is 17.2. The van der Waals surface area contributed by atoms with Crippen LogP contribution in [0.5, 0.6) is 0 Å². The second-order valence-corrected chi connectivity index (χ2v) is 7.21. The molecule has 4 N–H and O–H groups in total. The first kappa shape index (κ1) is 16.2. The van der Waals surface area contributed by atoms with Crippen LogP contribution < -0.4 is 5.73 Å². The molecule has 0 amide bonds. The Morgan fingerprint density at radius 3 is 3.04 bits per heavy atom. The summed E-state index contributed by atoms with van der Waals surface area (Å²) in [4.78, 5) is 22.0. The molecule has 25 heavy (non-hydrogen) atoms. The molecule has 0 aliphatic carbocycles. The summed E-state index contributed by atoms with van der Waals surface area (Å²) >= 11 is 1.63. The fraction of sp³-hybridized carbons (Fsp3) is 0.375. The Balaban J connectivity index is 1.40. The summed E-state index contributed by atoms with van der Waals surface area (Å²) in [5.74, 6) is 1.48. The molecule has 2 unspecified atom stereocenters. The van der Waals surface area contributed by atoms with Gasteiger partial charge in [0.25, 0.3) is 0 Å². The summed E-state index contributed by atoms with van der Waals surface area (Å²) in [5, 5.41) is 11.3. The number of rotatable bonds is 5. The minimum absolute atomic E-state index is 0.205. The lowest BCUT2D eigenvalue weighted by Crippen LogP contribution is -2.21. The molecular formula is C16H19N7OS. The van der Waals surface area contributed by atoms with E-state index in [1.807, 2.05) is 6.20 Å². The molecule has 4 heterocycles. The van der Waals surface area contributed by atoms with Crippen LogP contribution in [0, 0.1) is 5.92 Å². The van der Waals surface area contributed by atoms with Crippen molar-refractivity contribution in [2.45, 2.75) is 17.7 Å². The van der Waals surface area contributed by atoms with Gasteiger partial charge in [0.2, 0.25) is 0 Å². The van der Waals surface area contributed by atoms with E-state index >= 15 is 0 Å². The number of anilines is 1. The first-order chi connectivity index (χ1) is 12.2. The Kier molecular flexibility index (Phi) is 4.51. The van der Waals surface area contributed by atoms with E-state index in [-0.39, 0.29) is 12.0 Å². The molecule has 0 radical (unpaired) electrons. The Morgan fingerprint density at radius 1 is 1.28 bits per heavy atom. The number of aromatic nitrogens is 5. The van der Waals surface area contributed by atoms with Crippen LogP contribution in [0.1, 0.15) is 5.56 Å². The Hall–Kier alpha value is -2.23. The smallest absolute Gasteiger partial charge is 0.151 e. The van der Waals surface area contributed by atoms with Gasteiger partial charge < -0.3 is 15.8 Å². The zero-order valence-electron chi connectivity index (χ0n) is 13.5. The number of H-pyrrole nitrogens is 1. The lowest BCUT2D eigenvalue weighted by Gasteiger charge is -2.14. The topological polar surface area (TPSA) is 117 Å². The summed E-state index contributed by atoms with van der Waals surface area (Å²) in [6.07, 6.45) is 8.16. The van der Waals surface area contributed by atoms with Gasteiger partial charge in [-0.25, -0.2) is 15.0 Å². The molecule has 1 aliphatic rings. The van der Waals surface area contributed by atoms with E-state index in [1.54, 1.807) is 30.4 Å². The fourth-order valence-corrected chi connectivity index (χ4v) is 4.14. The third kappa shape index (κ3) is 3.44. The van der Waals surface area contributed by atoms with Crippen LogP contribution in [0.4, 0.5) is 5.82 Å². The maximum absolute atomic E-state index is 10.4. The number of likely N-dealkylation sites (tertiary alicyclic amines) is 1. The molecule has 4 rings (SSSR count). The number of aliphatic hydroxyl groups is 1. The summed E-state index contributed by atoms with van der Waals surface area (Å²) < 4.78 is 0. The third-order valence-electron chi connectivity index (χ3n) is 4.43.